The summed E-state index contributed by atoms with van der Waals surface area (Å²) in [6, 6.07) is 6.20. The second-order valence-electron chi connectivity index (χ2n) is 4.00. The molecule has 0 fully saturated rings. The molecule has 2 aromatic rings. The maximum Gasteiger partial charge on any atom is 0.129 e. The van der Waals surface area contributed by atoms with Crippen molar-refractivity contribution in [2.24, 2.45) is 7.05 Å². The molecule has 0 saturated heterocycles. The summed E-state index contributed by atoms with van der Waals surface area (Å²) in [6.07, 6.45) is 1.81. The summed E-state index contributed by atoms with van der Waals surface area (Å²) in [7, 11) is 1.85. The molecule has 0 saturated carbocycles. The minimum absolute atomic E-state index is 0.667. The van der Waals surface area contributed by atoms with Crippen LogP contribution in [-0.2, 0) is 25.0 Å². The van der Waals surface area contributed by atoms with Crippen molar-refractivity contribution in [3.8, 4) is 11.1 Å². The van der Waals surface area contributed by atoms with E-state index in [1.807, 2.05) is 19.3 Å². The Labute approximate surface area is 93.6 Å². The topological polar surface area (TPSA) is 53.1 Å². The quantitative estimate of drug-likeness (QED) is 0.787. The normalized spacial score (nSPS) is 14.1. The summed E-state index contributed by atoms with van der Waals surface area (Å²) in [5.41, 5.74) is 10.6. The second kappa shape index (κ2) is 3.35. The van der Waals surface area contributed by atoms with Crippen molar-refractivity contribution in [2.45, 2.75) is 13.2 Å². The molecule has 4 nitrogen and oxygen atoms in total. The molecule has 0 bridgehead atoms. The highest BCUT2D eigenvalue weighted by Gasteiger charge is 2.18. The number of rotatable bonds is 1. The Morgan fingerprint density at radius 2 is 2.19 bits per heavy atom. The van der Waals surface area contributed by atoms with Crippen LogP contribution >= 0.6 is 0 Å². The van der Waals surface area contributed by atoms with Crippen LogP contribution in [0.3, 0.4) is 0 Å². The molecule has 4 heteroatoms. The number of hydrogen-bond acceptors (Lipinski definition) is 3. The van der Waals surface area contributed by atoms with Crippen LogP contribution in [0, 0.1) is 0 Å². The van der Waals surface area contributed by atoms with E-state index in [9.17, 15) is 0 Å². The van der Waals surface area contributed by atoms with Gasteiger partial charge >= 0.3 is 0 Å². The Balaban J connectivity index is 2.21. The molecule has 0 unspecified atom stereocenters. The molecule has 1 aromatic heterocycles. The van der Waals surface area contributed by atoms with Crippen LogP contribution in [0.1, 0.15) is 11.1 Å². The van der Waals surface area contributed by atoms with Crippen LogP contribution in [0.25, 0.3) is 11.1 Å². The molecule has 1 aromatic carbocycles. The molecular formula is C12H13N3O. The number of aromatic nitrogens is 2. The third kappa shape index (κ3) is 1.23. The lowest BCUT2D eigenvalue weighted by atomic mass is 9.99. The summed E-state index contributed by atoms with van der Waals surface area (Å²) in [4.78, 5) is 0. The lowest BCUT2D eigenvalue weighted by Gasteiger charge is -2.06. The maximum atomic E-state index is 5.99. The number of ether oxygens (including phenoxy) is 1. The van der Waals surface area contributed by atoms with Gasteiger partial charge in [-0.1, -0.05) is 18.2 Å². The first-order chi connectivity index (χ1) is 7.77. The molecule has 1 aliphatic rings. The second-order valence-corrected chi connectivity index (χ2v) is 4.00. The Hall–Kier alpha value is -1.81. The van der Waals surface area contributed by atoms with Crippen LogP contribution in [0.15, 0.2) is 24.4 Å². The zero-order valence-corrected chi connectivity index (χ0v) is 9.10. The fourth-order valence-corrected chi connectivity index (χ4v) is 2.11. The van der Waals surface area contributed by atoms with E-state index in [-0.39, 0.29) is 0 Å². The van der Waals surface area contributed by atoms with Gasteiger partial charge < -0.3 is 10.5 Å². The van der Waals surface area contributed by atoms with Gasteiger partial charge in [0.1, 0.15) is 5.82 Å². The van der Waals surface area contributed by atoms with Crippen molar-refractivity contribution in [3.63, 3.8) is 0 Å². The van der Waals surface area contributed by atoms with Crippen molar-refractivity contribution in [1.29, 1.82) is 0 Å². The molecule has 0 atom stereocenters. The highest BCUT2D eigenvalue weighted by Crippen LogP contribution is 2.33. The Kier molecular flexibility index (Phi) is 1.97. The van der Waals surface area contributed by atoms with Crippen molar-refractivity contribution < 1.29 is 4.74 Å². The van der Waals surface area contributed by atoms with Crippen LogP contribution in [0.4, 0.5) is 5.82 Å². The van der Waals surface area contributed by atoms with Crippen LogP contribution in [0.5, 0.6) is 0 Å². The number of nitrogens with zero attached hydrogens (tertiary/aromatic N) is 2. The van der Waals surface area contributed by atoms with Crippen molar-refractivity contribution in [2.75, 3.05) is 5.73 Å². The first-order valence-corrected chi connectivity index (χ1v) is 5.23. The number of nitrogen functional groups attached to an aromatic ring is 1. The van der Waals surface area contributed by atoms with E-state index in [0.717, 1.165) is 11.1 Å². The lowest BCUT2D eigenvalue weighted by molar-refractivity contribution is 0.134. The van der Waals surface area contributed by atoms with Gasteiger partial charge in [0.05, 0.1) is 19.4 Å². The smallest absolute Gasteiger partial charge is 0.129 e. The van der Waals surface area contributed by atoms with E-state index in [2.05, 4.69) is 17.2 Å². The molecule has 82 valence electrons. The number of fused-ring (bicyclic) bond motifs is 1. The van der Waals surface area contributed by atoms with E-state index >= 15 is 0 Å². The van der Waals surface area contributed by atoms with Crippen molar-refractivity contribution in [1.82, 2.24) is 9.78 Å². The molecule has 2 heterocycles. The van der Waals surface area contributed by atoms with Crippen molar-refractivity contribution >= 4 is 5.82 Å². The summed E-state index contributed by atoms with van der Waals surface area (Å²) < 4.78 is 7.14. The van der Waals surface area contributed by atoms with Gasteiger partial charge in [-0.05, 0) is 16.7 Å². The van der Waals surface area contributed by atoms with Crippen LogP contribution in [0.2, 0.25) is 0 Å². The van der Waals surface area contributed by atoms with E-state index in [4.69, 9.17) is 10.5 Å². The fraction of sp³-hybridized carbons (Fsp3) is 0.250. The Morgan fingerprint density at radius 1 is 1.31 bits per heavy atom. The molecule has 2 N–H and O–H groups in total. The van der Waals surface area contributed by atoms with Crippen molar-refractivity contribution in [3.05, 3.63) is 35.5 Å². The molecule has 0 radical (unpaired) electrons. The highest BCUT2D eigenvalue weighted by molar-refractivity contribution is 5.77. The number of hydrogen-bond donors (Lipinski definition) is 1. The van der Waals surface area contributed by atoms with Gasteiger partial charge in [0.25, 0.3) is 0 Å². The number of anilines is 1. The molecular weight excluding hydrogens is 202 g/mol. The maximum absolute atomic E-state index is 5.99. The summed E-state index contributed by atoms with van der Waals surface area (Å²) in [5.74, 6) is 0.695. The number of aryl methyl sites for hydroxylation is 1. The average molecular weight is 215 g/mol. The van der Waals surface area contributed by atoms with Crippen LogP contribution < -0.4 is 5.73 Å². The first-order valence-electron chi connectivity index (χ1n) is 5.23. The van der Waals surface area contributed by atoms with E-state index in [1.165, 1.54) is 11.1 Å². The minimum atomic E-state index is 0.667. The molecule has 0 spiro atoms. The van der Waals surface area contributed by atoms with Gasteiger partial charge in [-0.3, -0.25) is 4.68 Å². The Morgan fingerprint density at radius 3 is 2.94 bits per heavy atom. The van der Waals surface area contributed by atoms with Crippen LogP contribution in [-0.4, -0.2) is 9.78 Å². The predicted molar refractivity (Wildman–Crippen MR) is 61.5 cm³/mol. The standard InChI is InChI=1S/C12H13N3O/c1-15-12(13)10(5-14-15)9-4-2-3-8-6-16-7-11(8)9/h2-5H,6-7,13H2,1H3. The lowest BCUT2D eigenvalue weighted by Crippen LogP contribution is -1.98. The molecule has 0 amide bonds. The summed E-state index contributed by atoms with van der Waals surface area (Å²) in [5, 5.41) is 4.17. The predicted octanol–water partition coefficient (Wildman–Crippen LogP) is 1.70. The number of nitrogens with two attached hydrogens (primary N) is 1. The molecule has 16 heavy (non-hydrogen) atoms. The SMILES string of the molecule is Cn1ncc(-c2cccc3c2COC3)c1N. The minimum Gasteiger partial charge on any atom is -0.383 e. The largest absolute Gasteiger partial charge is 0.383 e. The zero-order chi connectivity index (χ0) is 11.1. The van der Waals surface area contributed by atoms with Gasteiger partial charge in [-0.2, -0.15) is 5.10 Å². The van der Waals surface area contributed by atoms with E-state index in [1.54, 1.807) is 4.68 Å². The summed E-state index contributed by atoms with van der Waals surface area (Å²) >= 11 is 0. The zero-order valence-electron chi connectivity index (χ0n) is 9.10. The Bertz CT molecular complexity index is 545. The van der Waals surface area contributed by atoms with Gasteiger partial charge in [0.15, 0.2) is 0 Å². The third-order valence-electron chi connectivity index (χ3n) is 3.05. The fourth-order valence-electron chi connectivity index (χ4n) is 2.11. The van der Waals surface area contributed by atoms with Gasteiger partial charge in [-0.25, -0.2) is 0 Å². The molecule has 1 aliphatic heterocycles. The highest BCUT2D eigenvalue weighted by atomic mass is 16.5. The van der Waals surface area contributed by atoms with E-state index in [0.29, 0.717) is 19.0 Å². The van der Waals surface area contributed by atoms with Gasteiger partial charge in [0, 0.05) is 12.6 Å². The molecule has 0 aliphatic carbocycles. The molecule has 3 rings (SSSR count). The number of benzene rings is 1. The third-order valence-corrected chi connectivity index (χ3v) is 3.05. The summed E-state index contributed by atoms with van der Waals surface area (Å²) in [6.45, 7) is 1.36. The average Bonchev–Trinajstić information content (AvgIpc) is 2.87. The van der Waals surface area contributed by atoms with Gasteiger partial charge in [0.2, 0.25) is 0 Å². The van der Waals surface area contributed by atoms with E-state index < -0.39 is 0 Å². The monoisotopic (exact) mass is 215 g/mol. The first kappa shape index (κ1) is 9.42. The van der Waals surface area contributed by atoms with Gasteiger partial charge in [-0.15, -0.1) is 0 Å².